The van der Waals surface area contributed by atoms with Crippen LogP contribution in [0.1, 0.15) is 17.2 Å². The number of rotatable bonds is 2. The van der Waals surface area contributed by atoms with Crippen LogP contribution in [-0.2, 0) is 0 Å². The van der Waals surface area contributed by atoms with Gasteiger partial charge in [0.15, 0.2) is 0 Å². The molecule has 2 rings (SSSR count). The van der Waals surface area contributed by atoms with Gasteiger partial charge >= 0.3 is 0 Å². The van der Waals surface area contributed by atoms with E-state index in [0.717, 1.165) is 5.56 Å². The van der Waals surface area contributed by atoms with Gasteiger partial charge in [-0.1, -0.05) is 41.4 Å². The molecular formula is C13H10Cl2FN. The molecule has 0 heterocycles. The first kappa shape index (κ1) is 12.4. The molecule has 0 amide bonds. The number of hydrogen-bond acceptors (Lipinski definition) is 1. The molecule has 0 aromatic heterocycles. The van der Waals surface area contributed by atoms with Crippen molar-refractivity contribution in [3.8, 4) is 0 Å². The van der Waals surface area contributed by atoms with Gasteiger partial charge in [-0.05, 0) is 29.8 Å². The smallest absolute Gasteiger partial charge is 0.129 e. The van der Waals surface area contributed by atoms with Crippen LogP contribution in [0, 0.1) is 5.82 Å². The molecule has 0 bridgehead atoms. The molecule has 0 fully saturated rings. The fourth-order valence-corrected chi connectivity index (χ4v) is 1.99. The third-order valence-electron chi connectivity index (χ3n) is 2.51. The summed E-state index contributed by atoms with van der Waals surface area (Å²) < 4.78 is 13.7. The molecule has 0 spiro atoms. The first-order valence-electron chi connectivity index (χ1n) is 5.04. The number of nitrogens with two attached hydrogens (primary N) is 1. The predicted octanol–water partition coefficient (Wildman–Crippen LogP) is 4.18. The molecule has 0 aliphatic rings. The number of benzene rings is 2. The van der Waals surface area contributed by atoms with Gasteiger partial charge in [0.1, 0.15) is 5.82 Å². The lowest BCUT2D eigenvalue weighted by atomic mass is 9.99. The van der Waals surface area contributed by atoms with Gasteiger partial charge in [0.05, 0.1) is 6.04 Å². The molecule has 2 N–H and O–H groups in total. The minimum Gasteiger partial charge on any atom is -0.320 e. The Morgan fingerprint density at radius 3 is 2.35 bits per heavy atom. The van der Waals surface area contributed by atoms with Crippen LogP contribution in [0.3, 0.4) is 0 Å². The molecule has 0 radical (unpaired) electrons. The largest absolute Gasteiger partial charge is 0.320 e. The molecule has 0 saturated carbocycles. The third kappa shape index (κ3) is 2.78. The van der Waals surface area contributed by atoms with E-state index in [0.29, 0.717) is 15.6 Å². The van der Waals surface area contributed by atoms with E-state index in [4.69, 9.17) is 28.9 Å². The molecule has 1 atom stereocenters. The lowest BCUT2D eigenvalue weighted by molar-refractivity contribution is 0.600. The predicted molar refractivity (Wildman–Crippen MR) is 68.9 cm³/mol. The van der Waals surface area contributed by atoms with E-state index in [1.54, 1.807) is 30.3 Å². The van der Waals surface area contributed by atoms with E-state index < -0.39 is 11.9 Å². The highest BCUT2D eigenvalue weighted by atomic mass is 35.5. The zero-order valence-electron chi connectivity index (χ0n) is 8.83. The van der Waals surface area contributed by atoms with Crippen LogP contribution < -0.4 is 5.73 Å². The Balaban J connectivity index is 2.40. The van der Waals surface area contributed by atoms with Crippen LogP contribution >= 0.6 is 23.2 Å². The Morgan fingerprint density at radius 1 is 1.00 bits per heavy atom. The Labute approximate surface area is 109 Å². The quantitative estimate of drug-likeness (QED) is 0.870. The second-order valence-corrected chi connectivity index (χ2v) is 4.57. The molecule has 1 unspecified atom stereocenters. The normalized spacial score (nSPS) is 12.5. The molecular weight excluding hydrogens is 260 g/mol. The first-order valence-corrected chi connectivity index (χ1v) is 5.79. The summed E-state index contributed by atoms with van der Waals surface area (Å²) in [7, 11) is 0. The maximum absolute atomic E-state index is 13.7. The van der Waals surface area contributed by atoms with E-state index in [1.807, 2.05) is 6.07 Å². The molecule has 88 valence electrons. The molecule has 0 aliphatic carbocycles. The van der Waals surface area contributed by atoms with Crippen molar-refractivity contribution in [3.05, 3.63) is 69.5 Å². The zero-order valence-corrected chi connectivity index (χ0v) is 10.3. The fraction of sp³-hybridized carbons (Fsp3) is 0.0769. The lowest BCUT2D eigenvalue weighted by Crippen LogP contribution is -2.13. The summed E-state index contributed by atoms with van der Waals surface area (Å²) in [4.78, 5) is 0. The second kappa shape index (κ2) is 5.05. The van der Waals surface area contributed by atoms with E-state index in [9.17, 15) is 4.39 Å². The Bertz CT molecular complexity index is 543. The van der Waals surface area contributed by atoms with E-state index in [-0.39, 0.29) is 0 Å². The van der Waals surface area contributed by atoms with Crippen molar-refractivity contribution in [2.24, 2.45) is 5.73 Å². The summed E-state index contributed by atoms with van der Waals surface area (Å²) in [6.07, 6.45) is 0. The molecule has 1 nitrogen and oxygen atoms in total. The minimum atomic E-state index is -0.550. The molecule has 2 aromatic carbocycles. The highest BCUT2D eigenvalue weighted by Crippen LogP contribution is 2.25. The van der Waals surface area contributed by atoms with Crippen molar-refractivity contribution in [1.82, 2.24) is 0 Å². The van der Waals surface area contributed by atoms with E-state index >= 15 is 0 Å². The highest BCUT2D eigenvalue weighted by molar-refractivity contribution is 6.30. The van der Waals surface area contributed by atoms with E-state index in [2.05, 4.69) is 0 Å². The van der Waals surface area contributed by atoms with Crippen LogP contribution in [0.25, 0.3) is 0 Å². The Kier molecular flexibility index (Phi) is 3.67. The first-order chi connectivity index (χ1) is 8.08. The van der Waals surface area contributed by atoms with Gasteiger partial charge < -0.3 is 5.73 Å². The van der Waals surface area contributed by atoms with Crippen molar-refractivity contribution in [2.75, 3.05) is 0 Å². The zero-order chi connectivity index (χ0) is 12.4. The standard InChI is InChI=1S/C13H10Cl2FN/c14-9-3-1-2-8(6-9)13(17)11-5-4-10(15)7-12(11)16/h1-7,13H,17H2. The van der Waals surface area contributed by atoms with Gasteiger partial charge in [-0.25, -0.2) is 4.39 Å². The summed E-state index contributed by atoms with van der Waals surface area (Å²) in [5.74, 6) is -0.412. The molecule has 4 heteroatoms. The third-order valence-corrected chi connectivity index (χ3v) is 2.98. The van der Waals surface area contributed by atoms with Crippen molar-refractivity contribution in [1.29, 1.82) is 0 Å². The van der Waals surface area contributed by atoms with Crippen LogP contribution in [0.15, 0.2) is 42.5 Å². The number of halogens is 3. The molecule has 0 saturated heterocycles. The van der Waals surface area contributed by atoms with Crippen LogP contribution in [0.5, 0.6) is 0 Å². The van der Waals surface area contributed by atoms with Gasteiger partial charge in [0.2, 0.25) is 0 Å². The van der Waals surface area contributed by atoms with Gasteiger partial charge in [0.25, 0.3) is 0 Å². The Hall–Kier alpha value is -1.09. The van der Waals surface area contributed by atoms with Crippen molar-refractivity contribution in [3.63, 3.8) is 0 Å². The summed E-state index contributed by atoms with van der Waals surface area (Å²) >= 11 is 11.6. The topological polar surface area (TPSA) is 26.0 Å². The highest BCUT2D eigenvalue weighted by Gasteiger charge is 2.13. The van der Waals surface area contributed by atoms with Crippen molar-refractivity contribution >= 4 is 23.2 Å². The van der Waals surface area contributed by atoms with Crippen LogP contribution in [0.2, 0.25) is 10.0 Å². The Morgan fingerprint density at radius 2 is 1.71 bits per heavy atom. The maximum Gasteiger partial charge on any atom is 0.129 e. The van der Waals surface area contributed by atoms with Crippen molar-refractivity contribution < 1.29 is 4.39 Å². The summed E-state index contributed by atoms with van der Waals surface area (Å²) in [5.41, 5.74) is 7.16. The monoisotopic (exact) mass is 269 g/mol. The van der Waals surface area contributed by atoms with Crippen LogP contribution in [0.4, 0.5) is 4.39 Å². The van der Waals surface area contributed by atoms with E-state index in [1.165, 1.54) is 6.07 Å². The average Bonchev–Trinajstić information content (AvgIpc) is 2.28. The van der Waals surface area contributed by atoms with Gasteiger partial charge in [-0.15, -0.1) is 0 Å². The molecule has 17 heavy (non-hydrogen) atoms. The summed E-state index contributed by atoms with van der Waals surface area (Å²) in [6.45, 7) is 0. The fourth-order valence-electron chi connectivity index (χ4n) is 1.63. The van der Waals surface area contributed by atoms with Gasteiger partial charge in [-0.3, -0.25) is 0 Å². The van der Waals surface area contributed by atoms with Crippen molar-refractivity contribution in [2.45, 2.75) is 6.04 Å². The van der Waals surface area contributed by atoms with Crippen LogP contribution in [-0.4, -0.2) is 0 Å². The SMILES string of the molecule is NC(c1cccc(Cl)c1)c1ccc(Cl)cc1F. The average molecular weight is 270 g/mol. The maximum atomic E-state index is 13.7. The van der Waals surface area contributed by atoms with Gasteiger partial charge in [0, 0.05) is 15.6 Å². The molecule has 0 aliphatic heterocycles. The lowest BCUT2D eigenvalue weighted by Gasteiger charge is -2.13. The second-order valence-electron chi connectivity index (χ2n) is 3.70. The number of hydrogen-bond donors (Lipinski definition) is 1. The summed E-state index contributed by atoms with van der Waals surface area (Å²) in [5, 5.41) is 0.928. The molecule has 2 aromatic rings. The minimum absolute atomic E-state index is 0.351. The summed E-state index contributed by atoms with van der Waals surface area (Å²) in [6, 6.07) is 11.0. The van der Waals surface area contributed by atoms with Gasteiger partial charge in [-0.2, -0.15) is 0 Å².